The molecule has 1 amide bonds. The minimum atomic E-state index is -0.460. The maximum absolute atomic E-state index is 12.4. The standard InChI is InChI=1S/C14H11Br2NO3S/c1-7-6-21-12(14(19)20-2)11(7)17-13(18)9-4-3-8(15)5-10(9)16/h3-6H,1-2H3,(H,17,18). The molecule has 1 aromatic carbocycles. The van der Waals surface area contributed by atoms with Crippen molar-refractivity contribution in [1.29, 1.82) is 0 Å². The molecule has 2 aromatic rings. The van der Waals surface area contributed by atoms with Crippen LogP contribution in [0.5, 0.6) is 0 Å². The number of aryl methyl sites for hydroxylation is 1. The highest BCUT2D eigenvalue weighted by Gasteiger charge is 2.20. The summed E-state index contributed by atoms with van der Waals surface area (Å²) in [4.78, 5) is 24.4. The monoisotopic (exact) mass is 431 g/mol. The molecule has 0 radical (unpaired) electrons. The van der Waals surface area contributed by atoms with Crippen LogP contribution in [0, 0.1) is 6.92 Å². The fourth-order valence-corrected chi connectivity index (χ4v) is 3.85. The highest BCUT2D eigenvalue weighted by Crippen LogP contribution is 2.30. The van der Waals surface area contributed by atoms with Crippen molar-refractivity contribution in [3.8, 4) is 0 Å². The van der Waals surface area contributed by atoms with Crippen LogP contribution < -0.4 is 5.32 Å². The van der Waals surface area contributed by atoms with Gasteiger partial charge in [-0.05, 0) is 52.0 Å². The van der Waals surface area contributed by atoms with Crippen LogP contribution in [-0.4, -0.2) is 19.0 Å². The smallest absolute Gasteiger partial charge is 0.350 e. The van der Waals surface area contributed by atoms with Crippen molar-refractivity contribution in [2.45, 2.75) is 6.92 Å². The second-order valence-electron chi connectivity index (χ2n) is 4.19. The van der Waals surface area contributed by atoms with Crippen LogP contribution in [0.25, 0.3) is 0 Å². The Morgan fingerprint density at radius 2 is 2.00 bits per heavy atom. The zero-order valence-corrected chi connectivity index (χ0v) is 15.2. The second kappa shape index (κ2) is 6.72. The predicted octanol–water partition coefficient (Wildman–Crippen LogP) is 4.62. The molecule has 0 spiro atoms. The largest absolute Gasteiger partial charge is 0.465 e. The van der Waals surface area contributed by atoms with Crippen LogP contribution in [0.4, 0.5) is 5.69 Å². The summed E-state index contributed by atoms with van der Waals surface area (Å²) in [5, 5.41) is 4.58. The highest BCUT2D eigenvalue weighted by molar-refractivity contribution is 9.11. The van der Waals surface area contributed by atoms with Gasteiger partial charge in [-0.1, -0.05) is 15.9 Å². The quantitative estimate of drug-likeness (QED) is 0.720. The molecule has 4 nitrogen and oxygen atoms in total. The average molecular weight is 433 g/mol. The number of carbonyl (C=O) groups is 2. The van der Waals surface area contributed by atoms with E-state index in [-0.39, 0.29) is 5.91 Å². The summed E-state index contributed by atoms with van der Waals surface area (Å²) < 4.78 is 6.26. The van der Waals surface area contributed by atoms with Crippen molar-refractivity contribution >= 4 is 60.8 Å². The van der Waals surface area contributed by atoms with Gasteiger partial charge in [-0.15, -0.1) is 11.3 Å². The molecule has 0 atom stereocenters. The lowest BCUT2D eigenvalue weighted by Gasteiger charge is -2.09. The number of rotatable bonds is 3. The minimum Gasteiger partial charge on any atom is -0.465 e. The molecule has 0 aliphatic heterocycles. The fraction of sp³-hybridized carbons (Fsp3) is 0.143. The van der Waals surface area contributed by atoms with E-state index in [0.717, 1.165) is 10.0 Å². The molecule has 110 valence electrons. The van der Waals surface area contributed by atoms with Crippen LogP contribution in [0.1, 0.15) is 25.6 Å². The summed E-state index contributed by atoms with van der Waals surface area (Å²) in [5.74, 6) is -0.751. The first-order valence-corrected chi connectivity index (χ1v) is 8.33. The highest BCUT2D eigenvalue weighted by atomic mass is 79.9. The first-order chi connectivity index (χ1) is 9.93. The van der Waals surface area contributed by atoms with Gasteiger partial charge in [0.15, 0.2) is 0 Å². The summed E-state index contributed by atoms with van der Waals surface area (Å²) >= 11 is 7.93. The van der Waals surface area contributed by atoms with E-state index in [1.54, 1.807) is 23.6 Å². The van der Waals surface area contributed by atoms with E-state index >= 15 is 0 Å². The van der Waals surface area contributed by atoms with E-state index in [1.165, 1.54) is 18.4 Å². The van der Waals surface area contributed by atoms with Crippen LogP contribution in [0.2, 0.25) is 0 Å². The van der Waals surface area contributed by atoms with Gasteiger partial charge >= 0.3 is 5.97 Å². The van der Waals surface area contributed by atoms with Crippen molar-refractivity contribution in [3.63, 3.8) is 0 Å². The number of benzene rings is 1. The molecule has 7 heteroatoms. The lowest BCUT2D eigenvalue weighted by molar-refractivity contribution is 0.0607. The van der Waals surface area contributed by atoms with E-state index in [4.69, 9.17) is 4.74 Å². The van der Waals surface area contributed by atoms with Crippen molar-refractivity contribution in [3.05, 3.63) is 48.5 Å². The minimum absolute atomic E-state index is 0.291. The van der Waals surface area contributed by atoms with E-state index in [1.807, 2.05) is 6.92 Å². The molecule has 0 unspecified atom stereocenters. The zero-order valence-electron chi connectivity index (χ0n) is 11.2. The van der Waals surface area contributed by atoms with Crippen LogP contribution >= 0.6 is 43.2 Å². The summed E-state index contributed by atoms with van der Waals surface area (Å²) in [6.07, 6.45) is 0. The van der Waals surface area contributed by atoms with Gasteiger partial charge in [0.05, 0.1) is 18.4 Å². The number of esters is 1. The Kier molecular flexibility index (Phi) is 5.18. The molecule has 0 fully saturated rings. The maximum Gasteiger partial charge on any atom is 0.350 e. The summed E-state index contributed by atoms with van der Waals surface area (Å²) in [6, 6.07) is 5.26. The summed E-state index contributed by atoms with van der Waals surface area (Å²) in [5.41, 5.74) is 1.80. The summed E-state index contributed by atoms with van der Waals surface area (Å²) in [7, 11) is 1.31. The number of carbonyl (C=O) groups excluding carboxylic acids is 2. The molecule has 1 N–H and O–H groups in total. The number of anilines is 1. The molecule has 21 heavy (non-hydrogen) atoms. The fourth-order valence-electron chi connectivity index (χ4n) is 1.70. The Morgan fingerprint density at radius 1 is 1.29 bits per heavy atom. The van der Waals surface area contributed by atoms with Gasteiger partial charge in [0.2, 0.25) is 0 Å². The molecule has 0 bridgehead atoms. The van der Waals surface area contributed by atoms with Crippen LogP contribution in [-0.2, 0) is 4.74 Å². The first-order valence-electron chi connectivity index (χ1n) is 5.87. The third-order valence-electron chi connectivity index (χ3n) is 2.76. The lowest BCUT2D eigenvalue weighted by Crippen LogP contribution is -2.15. The molecule has 0 aliphatic rings. The third-order valence-corrected chi connectivity index (χ3v) is 4.99. The van der Waals surface area contributed by atoms with Crippen molar-refractivity contribution in [2.75, 3.05) is 12.4 Å². The number of thiophene rings is 1. The molecule has 1 heterocycles. The molecule has 0 aliphatic carbocycles. The van der Waals surface area contributed by atoms with Crippen LogP contribution in [0.3, 0.4) is 0 Å². The topological polar surface area (TPSA) is 55.4 Å². The Bertz CT molecular complexity index is 712. The van der Waals surface area contributed by atoms with Crippen molar-refractivity contribution in [2.24, 2.45) is 0 Å². The molecular formula is C14H11Br2NO3S. The molecule has 2 rings (SSSR count). The number of hydrogen-bond donors (Lipinski definition) is 1. The Balaban J connectivity index is 2.32. The lowest BCUT2D eigenvalue weighted by atomic mass is 10.2. The molecule has 0 saturated carbocycles. The molecular weight excluding hydrogens is 422 g/mol. The number of halogens is 2. The average Bonchev–Trinajstić information content (AvgIpc) is 2.79. The van der Waals surface area contributed by atoms with Gasteiger partial charge in [-0.25, -0.2) is 4.79 Å². The van der Waals surface area contributed by atoms with Gasteiger partial charge in [0.1, 0.15) is 4.88 Å². The van der Waals surface area contributed by atoms with E-state index in [9.17, 15) is 9.59 Å². The summed E-state index contributed by atoms with van der Waals surface area (Å²) in [6.45, 7) is 1.83. The van der Waals surface area contributed by atoms with E-state index in [2.05, 4.69) is 37.2 Å². The van der Waals surface area contributed by atoms with E-state index in [0.29, 0.717) is 20.6 Å². The molecule has 1 aromatic heterocycles. The van der Waals surface area contributed by atoms with Gasteiger partial charge < -0.3 is 10.1 Å². The predicted molar refractivity (Wildman–Crippen MR) is 90.2 cm³/mol. The number of methoxy groups -OCH3 is 1. The normalized spacial score (nSPS) is 10.3. The van der Waals surface area contributed by atoms with Crippen molar-refractivity contribution in [1.82, 2.24) is 0 Å². The Labute approximate surface area is 142 Å². The van der Waals surface area contributed by atoms with Gasteiger partial charge in [-0.2, -0.15) is 0 Å². The maximum atomic E-state index is 12.4. The third kappa shape index (κ3) is 3.53. The van der Waals surface area contributed by atoms with Gasteiger partial charge in [-0.3, -0.25) is 4.79 Å². The van der Waals surface area contributed by atoms with Gasteiger partial charge in [0.25, 0.3) is 5.91 Å². The molecule has 0 saturated heterocycles. The van der Waals surface area contributed by atoms with Crippen LogP contribution in [0.15, 0.2) is 32.5 Å². The van der Waals surface area contributed by atoms with Gasteiger partial charge in [0, 0.05) is 8.95 Å². The number of amides is 1. The zero-order chi connectivity index (χ0) is 15.6. The Morgan fingerprint density at radius 3 is 2.62 bits per heavy atom. The van der Waals surface area contributed by atoms with E-state index < -0.39 is 5.97 Å². The number of hydrogen-bond acceptors (Lipinski definition) is 4. The number of ether oxygens (including phenoxy) is 1. The SMILES string of the molecule is COC(=O)c1scc(C)c1NC(=O)c1ccc(Br)cc1Br. The van der Waals surface area contributed by atoms with Crippen molar-refractivity contribution < 1.29 is 14.3 Å². The Hall–Kier alpha value is -1.18. The second-order valence-corrected chi connectivity index (χ2v) is 6.84. The first kappa shape index (κ1) is 16.2. The number of nitrogens with one attached hydrogen (secondary N) is 1.